The van der Waals surface area contributed by atoms with E-state index in [-0.39, 0.29) is 5.92 Å². The fourth-order valence-electron chi connectivity index (χ4n) is 2.35. The first-order valence-corrected chi connectivity index (χ1v) is 6.69. The summed E-state index contributed by atoms with van der Waals surface area (Å²) in [5.41, 5.74) is 6.81. The van der Waals surface area contributed by atoms with Crippen LogP contribution in [0.25, 0.3) is 11.0 Å². The molecule has 110 valence electrons. The van der Waals surface area contributed by atoms with Crippen LogP contribution in [0.5, 0.6) is 0 Å². The van der Waals surface area contributed by atoms with Crippen molar-refractivity contribution in [2.75, 3.05) is 5.73 Å². The summed E-state index contributed by atoms with van der Waals surface area (Å²) in [5, 5.41) is 0. The minimum Gasteiger partial charge on any atom is -0.399 e. The molecule has 1 heterocycles. The zero-order chi connectivity index (χ0) is 14.9. The molecule has 0 unspecified atom stereocenters. The molecule has 1 aromatic heterocycles. The summed E-state index contributed by atoms with van der Waals surface area (Å²) in [6.45, 7) is 4.29. The fraction of sp³-hybridized carbons (Fsp3) is 0.500. The van der Waals surface area contributed by atoms with Crippen LogP contribution < -0.4 is 5.73 Å². The molecule has 2 N–H and O–H groups in total. The van der Waals surface area contributed by atoms with Crippen molar-refractivity contribution in [3.8, 4) is 0 Å². The van der Waals surface area contributed by atoms with Crippen LogP contribution in [0.2, 0.25) is 0 Å². The van der Waals surface area contributed by atoms with Crippen LogP contribution in [0.1, 0.15) is 32.5 Å². The third kappa shape index (κ3) is 2.73. The second-order valence-corrected chi connectivity index (χ2v) is 4.97. The molecule has 0 atom stereocenters. The fourth-order valence-corrected chi connectivity index (χ4v) is 2.35. The number of halogens is 3. The predicted octanol–water partition coefficient (Wildman–Crippen LogP) is 4.07. The largest absolute Gasteiger partial charge is 0.449 e. The second kappa shape index (κ2) is 5.34. The standard InChI is InChI=1S/C14H18F3N3/c1-3-9(4-2)8-20-12-6-5-10(18)7-11(12)19-13(20)14(15,16)17/h5-7,9H,3-4,8,18H2,1-2H3. The SMILES string of the molecule is CCC(CC)Cn1c(C(F)(F)F)nc2cc(N)ccc21. The minimum atomic E-state index is -4.46. The van der Waals surface area contributed by atoms with Crippen LogP contribution in [-0.2, 0) is 12.7 Å². The highest BCUT2D eigenvalue weighted by molar-refractivity contribution is 5.79. The summed E-state index contributed by atoms with van der Waals surface area (Å²) >= 11 is 0. The van der Waals surface area contributed by atoms with Gasteiger partial charge in [-0.05, 0) is 24.1 Å². The maximum Gasteiger partial charge on any atom is 0.449 e. The van der Waals surface area contributed by atoms with Crippen molar-refractivity contribution >= 4 is 16.7 Å². The molecule has 0 aliphatic heterocycles. The van der Waals surface area contributed by atoms with Crippen molar-refractivity contribution in [3.63, 3.8) is 0 Å². The van der Waals surface area contributed by atoms with Crippen molar-refractivity contribution in [3.05, 3.63) is 24.0 Å². The van der Waals surface area contributed by atoms with E-state index >= 15 is 0 Å². The Bertz CT molecular complexity index is 597. The van der Waals surface area contributed by atoms with Gasteiger partial charge in [-0.3, -0.25) is 0 Å². The third-order valence-electron chi connectivity index (χ3n) is 3.62. The van der Waals surface area contributed by atoms with E-state index in [0.29, 0.717) is 23.3 Å². The zero-order valence-electron chi connectivity index (χ0n) is 11.5. The number of nitrogens with zero attached hydrogens (tertiary/aromatic N) is 2. The lowest BCUT2D eigenvalue weighted by Crippen LogP contribution is -2.18. The van der Waals surface area contributed by atoms with Crippen molar-refractivity contribution in [2.45, 2.75) is 39.4 Å². The smallest absolute Gasteiger partial charge is 0.399 e. The highest BCUT2D eigenvalue weighted by Gasteiger charge is 2.37. The molecule has 0 aliphatic carbocycles. The van der Waals surface area contributed by atoms with Gasteiger partial charge in [0.25, 0.3) is 0 Å². The maximum absolute atomic E-state index is 13.1. The zero-order valence-corrected chi connectivity index (χ0v) is 11.5. The van der Waals surface area contributed by atoms with E-state index in [4.69, 9.17) is 5.73 Å². The highest BCUT2D eigenvalue weighted by atomic mass is 19.4. The lowest BCUT2D eigenvalue weighted by Gasteiger charge is -2.17. The quantitative estimate of drug-likeness (QED) is 0.860. The van der Waals surface area contributed by atoms with Crippen molar-refractivity contribution in [2.24, 2.45) is 5.92 Å². The molecule has 0 amide bonds. The Morgan fingerprint density at radius 3 is 2.45 bits per heavy atom. The van der Waals surface area contributed by atoms with Crippen molar-refractivity contribution < 1.29 is 13.2 Å². The third-order valence-corrected chi connectivity index (χ3v) is 3.62. The topological polar surface area (TPSA) is 43.8 Å². The number of alkyl halides is 3. The highest BCUT2D eigenvalue weighted by Crippen LogP contribution is 2.33. The molecule has 0 bridgehead atoms. The van der Waals surface area contributed by atoms with Gasteiger partial charge < -0.3 is 10.3 Å². The number of benzene rings is 1. The first kappa shape index (κ1) is 14.7. The molecule has 0 aliphatic rings. The Morgan fingerprint density at radius 2 is 1.90 bits per heavy atom. The number of aromatic nitrogens is 2. The normalized spacial score (nSPS) is 12.5. The first-order chi connectivity index (χ1) is 9.36. The van der Waals surface area contributed by atoms with Gasteiger partial charge in [-0.1, -0.05) is 26.7 Å². The van der Waals surface area contributed by atoms with Gasteiger partial charge in [-0.25, -0.2) is 4.98 Å². The Balaban J connectivity index is 2.58. The molecule has 20 heavy (non-hydrogen) atoms. The summed E-state index contributed by atoms with van der Waals surface area (Å²) in [5.74, 6) is -0.643. The van der Waals surface area contributed by atoms with Crippen LogP contribution >= 0.6 is 0 Å². The van der Waals surface area contributed by atoms with E-state index in [1.807, 2.05) is 13.8 Å². The van der Waals surface area contributed by atoms with E-state index in [9.17, 15) is 13.2 Å². The number of hydrogen-bond donors (Lipinski definition) is 1. The summed E-state index contributed by atoms with van der Waals surface area (Å²) in [7, 11) is 0. The van der Waals surface area contributed by atoms with E-state index in [2.05, 4.69) is 4.98 Å². The maximum atomic E-state index is 13.1. The van der Waals surface area contributed by atoms with Crippen LogP contribution in [0.3, 0.4) is 0 Å². The Hall–Kier alpha value is -1.72. The molecule has 3 nitrogen and oxygen atoms in total. The van der Waals surface area contributed by atoms with E-state index < -0.39 is 12.0 Å². The summed E-state index contributed by atoms with van der Waals surface area (Å²) < 4.78 is 40.7. The van der Waals surface area contributed by atoms with E-state index in [0.717, 1.165) is 12.8 Å². The average molecular weight is 285 g/mol. The molecule has 0 radical (unpaired) electrons. The predicted molar refractivity (Wildman–Crippen MR) is 73.2 cm³/mol. The Kier molecular flexibility index (Phi) is 3.92. The van der Waals surface area contributed by atoms with Gasteiger partial charge in [-0.2, -0.15) is 13.2 Å². The lowest BCUT2D eigenvalue weighted by molar-refractivity contribution is -0.147. The molecule has 0 saturated carbocycles. The Morgan fingerprint density at radius 1 is 1.25 bits per heavy atom. The van der Waals surface area contributed by atoms with Gasteiger partial charge in [0.2, 0.25) is 5.82 Å². The van der Waals surface area contributed by atoms with Gasteiger partial charge in [0.05, 0.1) is 11.0 Å². The van der Waals surface area contributed by atoms with Gasteiger partial charge in [-0.15, -0.1) is 0 Å². The van der Waals surface area contributed by atoms with Crippen LogP contribution in [0.15, 0.2) is 18.2 Å². The monoisotopic (exact) mass is 285 g/mol. The molecule has 6 heteroatoms. The van der Waals surface area contributed by atoms with Gasteiger partial charge in [0, 0.05) is 12.2 Å². The molecule has 0 fully saturated rings. The first-order valence-electron chi connectivity index (χ1n) is 6.69. The van der Waals surface area contributed by atoms with Gasteiger partial charge in [0.1, 0.15) is 0 Å². The van der Waals surface area contributed by atoms with Crippen LogP contribution in [-0.4, -0.2) is 9.55 Å². The lowest BCUT2D eigenvalue weighted by atomic mass is 10.0. The molecular formula is C14H18F3N3. The second-order valence-electron chi connectivity index (χ2n) is 4.97. The van der Waals surface area contributed by atoms with E-state index in [1.165, 1.54) is 10.6 Å². The van der Waals surface area contributed by atoms with Crippen molar-refractivity contribution in [1.29, 1.82) is 0 Å². The molecular weight excluding hydrogens is 267 g/mol. The number of anilines is 1. The number of fused-ring (bicyclic) bond motifs is 1. The number of rotatable bonds is 4. The summed E-state index contributed by atoms with van der Waals surface area (Å²) in [6, 6.07) is 4.69. The molecule has 0 saturated heterocycles. The number of imidazole rings is 1. The van der Waals surface area contributed by atoms with Crippen molar-refractivity contribution in [1.82, 2.24) is 9.55 Å². The molecule has 0 spiro atoms. The summed E-state index contributed by atoms with van der Waals surface area (Å²) in [4.78, 5) is 3.72. The minimum absolute atomic E-state index is 0.200. The Labute approximate surface area is 115 Å². The van der Waals surface area contributed by atoms with Gasteiger partial charge in [0.15, 0.2) is 0 Å². The van der Waals surface area contributed by atoms with Crippen LogP contribution in [0.4, 0.5) is 18.9 Å². The van der Waals surface area contributed by atoms with E-state index in [1.54, 1.807) is 12.1 Å². The average Bonchev–Trinajstić information content (AvgIpc) is 2.73. The van der Waals surface area contributed by atoms with Crippen LogP contribution in [0, 0.1) is 5.92 Å². The molecule has 1 aromatic carbocycles. The molecule has 2 aromatic rings. The number of nitrogens with two attached hydrogens (primary N) is 1. The molecule has 2 rings (SSSR count). The number of hydrogen-bond acceptors (Lipinski definition) is 2. The summed E-state index contributed by atoms with van der Waals surface area (Å²) in [6.07, 6.45) is -2.79. The van der Waals surface area contributed by atoms with Gasteiger partial charge >= 0.3 is 6.18 Å². The number of nitrogen functional groups attached to an aromatic ring is 1.